The van der Waals surface area contributed by atoms with Crippen LogP contribution in [0.4, 0.5) is 0 Å². The number of amides is 1. The summed E-state index contributed by atoms with van der Waals surface area (Å²) in [6.45, 7) is 3.71. The second-order valence-corrected chi connectivity index (χ2v) is 10.9. The Morgan fingerprint density at radius 1 is 1.12 bits per heavy atom. The van der Waals surface area contributed by atoms with Gasteiger partial charge in [-0.05, 0) is 67.0 Å². The van der Waals surface area contributed by atoms with E-state index in [1.165, 1.54) is 0 Å². The summed E-state index contributed by atoms with van der Waals surface area (Å²) in [5.74, 6) is -1.27. The molecule has 7 heteroatoms. The summed E-state index contributed by atoms with van der Waals surface area (Å²) in [7, 11) is 0. The number of aliphatic hydroxyl groups excluding tert-OH is 1. The van der Waals surface area contributed by atoms with Gasteiger partial charge in [0, 0.05) is 16.0 Å². The fourth-order valence-corrected chi connectivity index (χ4v) is 5.92. The molecule has 1 aliphatic heterocycles. The van der Waals surface area contributed by atoms with Gasteiger partial charge in [0.05, 0.1) is 30.0 Å². The molecule has 0 bridgehead atoms. The normalized spacial score (nSPS) is 26.9. The summed E-state index contributed by atoms with van der Waals surface area (Å²) in [5, 5.41) is 22.1. The molecule has 1 saturated carbocycles. The Morgan fingerprint density at radius 2 is 1.79 bits per heavy atom. The average molecular weight is 504 g/mol. The number of aliphatic carboxylic acids is 1. The van der Waals surface area contributed by atoms with E-state index in [0.717, 1.165) is 24.0 Å². The molecule has 1 saturated heterocycles. The predicted octanol–water partition coefficient (Wildman–Crippen LogP) is 6.08. The molecule has 2 aromatic rings. The zero-order chi connectivity index (χ0) is 24.6. The van der Waals surface area contributed by atoms with Crippen LogP contribution in [0.5, 0.6) is 0 Å². The van der Waals surface area contributed by atoms with Crippen LogP contribution in [0.3, 0.4) is 0 Å². The third-order valence-corrected chi connectivity index (χ3v) is 7.89. The van der Waals surface area contributed by atoms with Crippen molar-refractivity contribution in [1.82, 2.24) is 4.90 Å². The van der Waals surface area contributed by atoms with Crippen molar-refractivity contribution >= 4 is 35.1 Å². The number of carboxylic acids is 1. The van der Waals surface area contributed by atoms with Crippen molar-refractivity contribution < 1.29 is 19.8 Å². The number of carbonyl (C=O) groups is 2. The summed E-state index contributed by atoms with van der Waals surface area (Å²) in [6.07, 6.45) is 1.88. The highest BCUT2D eigenvalue weighted by atomic mass is 35.5. The molecular formula is C27H31Cl2NO4. The molecule has 5 nitrogen and oxygen atoms in total. The van der Waals surface area contributed by atoms with Gasteiger partial charge in [-0.1, -0.05) is 61.3 Å². The predicted molar refractivity (Wildman–Crippen MR) is 133 cm³/mol. The van der Waals surface area contributed by atoms with E-state index in [1.54, 1.807) is 30.0 Å². The molecule has 34 heavy (non-hydrogen) atoms. The Kier molecular flexibility index (Phi) is 7.28. The molecule has 4 rings (SSSR count). The zero-order valence-corrected chi connectivity index (χ0v) is 21.0. The number of carbonyl (C=O) groups excluding carboxylic acids is 1. The van der Waals surface area contributed by atoms with Crippen LogP contribution in [0.1, 0.15) is 69.0 Å². The Morgan fingerprint density at radius 3 is 2.35 bits per heavy atom. The fraction of sp³-hybridized carbons (Fsp3) is 0.481. The molecule has 1 amide bonds. The number of piperidine rings is 1. The SMILES string of the molecule is CC[C@@H]([C@@H](O)C1CC1)N1C(=O)[C@](C)(CC(=O)O)C[C@H](c2cccc(Cl)c2)[C@H]1c1ccc(Cl)cc1. The Hall–Kier alpha value is -2.08. The first-order chi connectivity index (χ1) is 16.1. The van der Waals surface area contributed by atoms with Crippen molar-refractivity contribution in [2.24, 2.45) is 11.3 Å². The van der Waals surface area contributed by atoms with Gasteiger partial charge in [-0.15, -0.1) is 0 Å². The van der Waals surface area contributed by atoms with E-state index in [4.69, 9.17) is 23.2 Å². The van der Waals surface area contributed by atoms with Gasteiger partial charge in [0.15, 0.2) is 0 Å². The number of aliphatic hydroxyl groups is 1. The van der Waals surface area contributed by atoms with Gasteiger partial charge in [0.2, 0.25) is 5.91 Å². The van der Waals surface area contributed by atoms with Gasteiger partial charge in [0.25, 0.3) is 0 Å². The lowest BCUT2D eigenvalue weighted by Gasteiger charge is -2.52. The van der Waals surface area contributed by atoms with Crippen molar-refractivity contribution in [3.63, 3.8) is 0 Å². The van der Waals surface area contributed by atoms with Crippen molar-refractivity contribution in [3.05, 3.63) is 69.7 Å². The minimum atomic E-state index is -1.11. The Balaban J connectivity index is 1.90. The molecule has 0 unspecified atom stereocenters. The summed E-state index contributed by atoms with van der Waals surface area (Å²) in [4.78, 5) is 27.8. The first-order valence-electron chi connectivity index (χ1n) is 11.9. The third-order valence-electron chi connectivity index (χ3n) is 7.41. The maximum Gasteiger partial charge on any atom is 0.304 e. The van der Waals surface area contributed by atoms with Crippen LogP contribution in [0, 0.1) is 11.3 Å². The number of hydrogen-bond donors (Lipinski definition) is 2. The van der Waals surface area contributed by atoms with E-state index >= 15 is 0 Å². The van der Waals surface area contributed by atoms with Crippen molar-refractivity contribution in [3.8, 4) is 0 Å². The largest absolute Gasteiger partial charge is 0.481 e. The lowest BCUT2D eigenvalue weighted by molar-refractivity contribution is -0.164. The summed E-state index contributed by atoms with van der Waals surface area (Å²) < 4.78 is 0. The van der Waals surface area contributed by atoms with Gasteiger partial charge >= 0.3 is 5.97 Å². The third kappa shape index (κ3) is 4.98. The van der Waals surface area contributed by atoms with Gasteiger partial charge < -0.3 is 15.1 Å². The van der Waals surface area contributed by atoms with Crippen molar-refractivity contribution in [1.29, 1.82) is 0 Å². The number of benzene rings is 2. The van der Waals surface area contributed by atoms with Crippen LogP contribution in [-0.2, 0) is 9.59 Å². The van der Waals surface area contributed by atoms with Gasteiger partial charge in [-0.25, -0.2) is 0 Å². The van der Waals surface area contributed by atoms with Gasteiger partial charge in [-0.3, -0.25) is 9.59 Å². The molecule has 0 spiro atoms. The van der Waals surface area contributed by atoms with E-state index in [2.05, 4.69) is 0 Å². The molecule has 0 radical (unpaired) electrons. The lowest BCUT2D eigenvalue weighted by atomic mass is 9.66. The number of nitrogens with zero attached hydrogens (tertiary/aromatic N) is 1. The maximum absolute atomic E-state index is 14.1. The minimum Gasteiger partial charge on any atom is -0.481 e. The number of hydrogen-bond acceptors (Lipinski definition) is 3. The van der Waals surface area contributed by atoms with Crippen molar-refractivity contribution in [2.75, 3.05) is 0 Å². The van der Waals surface area contributed by atoms with E-state index in [1.807, 2.05) is 37.3 Å². The molecule has 5 atom stereocenters. The number of likely N-dealkylation sites (tertiary alicyclic amines) is 1. The molecule has 2 aromatic carbocycles. The molecule has 1 aliphatic carbocycles. The number of halogens is 2. The van der Waals surface area contributed by atoms with Crippen LogP contribution in [0.25, 0.3) is 0 Å². The molecule has 2 fully saturated rings. The second kappa shape index (κ2) is 9.88. The molecule has 2 aliphatic rings. The standard InChI is InChI=1S/C27H31Cl2NO4/c1-3-22(25(33)17-7-8-17)30-24(16-9-11-19(28)12-10-16)21(18-5-4-6-20(29)13-18)14-27(2,26(30)34)15-23(31)32/h4-6,9-13,17,21-22,24-25,33H,3,7-8,14-15H2,1-2H3,(H,31,32)/t21-,22+,24-,25+,27+/m1/s1. The Bertz CT molecular complexity index is 1050. The minimum absolute atomic E-state index is 0.167. The molecule has 1 heterocycles. The van der Waals surface area contributed by atoms with Crippen LogP contribution >= 0.6 is 23.2 Å². The molecule has 2 N–H and O–H groups in total. The number of rotatable bonds is 8. The van der Waals surface area contributed by atoms with E-state index in [9.17, 15) is 19.8 Å². The molecule has 182 valence electrons. The number of carboxylic acid groups (broad SMARTS) is 1. The highest BCUT2D eigenvalue weighted by Gasteiger charge is 2.54. The summed E-state index contributed by atoms with van der Waals surface area (Å²) >= 11 is 12.5. The van der Waals surface area contributed by atoms with E-state index < -0.39 is 23.5 Å². The van der Waals surface area contributed by atoms with Crippen LogP contribution < -0.4 is 0 Å². The van der Waals surface area contributed by atoms with Crippen LogP contribution in [-0.4, -0.2) is 39.1 Å². The highest BCUT2D eigenvalue weighted by Crippen LogP contribution is 2.53. The van der Waals surface area contributed by atoms with E-state index in [-0.39, 0.29) is 30.2 Å². The van der Waals surface area contributed by atoms with Crippen molar-refractivity contribution in [2.45, 2.75) is 70.1 Å². The first-order valence-corrected chi connectivity index (χ1v) is 12.6. The maximum atomic E-state index is 14.1. The molecule has 0 aromatic heterocycles. The summed E-state index contributed by atoms with van der Waals surface area (Å²) in [6, 6.07) is 14.2. The van der Waals surface area contributed by atoms with Crippen LogP contribution in [0.15, 0.2) is 48.5 Å². The van der Waals surface area contributed by atoms with Crippen LogP contribution in [0.2, 0.25) is 10.0 Å². The van der Waals surface area contributed by atoms with Gasteiger partial charge in [-0.2, -0.15) is 0 Å². The highest BCUT2D eigenvalue weighted by molar-refractivity contribution is 6.30. The molecular weight excluding hydrogens is 473 g/mol. The Labute approximate surface area is 210 Å². The monoisotopic (exact) mass is 503 g/mol. The van der Waals surface area contributed by atoms with E-state index in [0.29, 0.717) is 22.9 Å². The quantitative estimate of drug-likeness (QED) is 0.457. The zero-order valence-electron chi connectivity index (χ0n) is 19.5. The lowest BCUT2D eigenvalue weighted by Crippen LogP contribution is -2.59. The van der Waals surface area contributed by atoms with Gasteiger partial charge in [0.1, 0.15) is 0 Å². The fourth-order valence-electron chi connectivity index (χ4n) is 5.60. The average Bonchev–Trinajstić information content (AvgIpc) is 3.63. The summed E-state index contributed by atoms with van der Waals surface area (Å²) in [5.41, 5.74) is 0.734. The smallest absolute Gasteiger partial charge is 0.304 e. The topological polar surface area (TPSA) is 77.8 Å². The first kappa shape index (κ1) is 25.0. The second-order valence-electron chi connectivity index (χ2n) is 10.0.